The monoisotopic (exact) mass is 878 g/mol. The van der Waals surface area contributed by atoms with Gasteiger partial charge in [-0.2, -0.15) is 0 Å². The highest BCUT2D eigenvalue weighted by molar-refractivity contribution is 6.22. The highest BCUT2D eigenvalue weighted by atomic mass is 14.5. The molecule has 0 saturated carbocycles. The third kappa shape index (κ3) is 5.46. The summed E-state index contributed by atoms with van der Waals surface area (Å²) >= 11 is 0. The second-order valence-corrected chi connectivity index (χ2v) is 20.7. The molecule has 0 heteroatoms. The van der Waals surface area contributed by atoms with Crippen LogP contribution in [0.1, 0.15) is 72.2 Å². The summed E-state index contributed by atoms with van der Waals surface area (Å²) in [6.07, 6.45) is 0. The van der Waals surface area contributed by atoms with Crippen LogP contribution in [0.2, 0.25) is 0 Å². The van der Waals surface area contributed by atoms with Crippen molar-refractivity contribution in [2.45, 2.75) is 43.9 Å². The zero-order valence-electron chi connectivity index (χ0n) is 39.4. The molecule has 11 aromatic rings. The van der Waals surface area contributed by atoms with Crippen LogP contribution >= 0.6 is 0 Å². The van der Waals surface area contributed by atoms with Gasteiger partial charge in [-0.3, -0.25) is 0 Å². The van der Waals surface area contributed by atoms with Crippen LogP contribution in [0.3, 0.4) is 0 Å². The fourth-order valence-corrected chi connectivity index (χ4v) is 13.3. The first-order chi connectivity index (χ1) is 33.7. The quantitative estimate of drug-likeness (QED) is 0.151. The van der Waals surface area contributed by atoms with Gasteiger partial charge in [0.25, 0.3) is 0 Å². The Bertz CT molecular complexity index is 3900. The Morgan fingerprint density at radius 2 is 0.580 bits per heavy atom. The van der Waals surface area contributed by atoms with Crippen molar-refractivity contribution in [2.75, 3.05) is 0 Å². The summed E-state index contributed by atoms with van der Waals surface area (Å²) in [5.41, 5.74) is 25.5. The van der Waals surface area contributed by atoms with Crippen LogP contribution in [0, 0.1) is 0 Å². The normalized spacial score (nSPS) is 15.0. The lowest BCUT2D eigenvalue weighted by atomic mass is 9.67. The Morgan fingerprint density at radius 1 is 0.232 bits per heavy atom. The zero-order valence-corrected chi connectivity index (χ0v) is 39.4. The molecule has 0 radical (unpaired) electrons. The number of benzene rings is 11. The lowest BCUT2D eigenvalue weighted by molar-refractivity contribution is 0.660. The zero-order chi connectivity index (χ0) is 46.2. The van der Waals surface area contributed by atoms with Gasteiger partial charge in [-0.15, -0.1) is 0 Å². The van der Waals surface area contributed by atoms with Crippen molar-refractivity contribution in [2.24, 2.45) is 0 Å². The lowest BCUT2D eigenvalue weighted by Crippen LogP contribution is -2.28. The molecule has 69 heavy (non-hydrogen) atoms. The molecule has 0 N–H and O–H groups in total. The van der Waals surface area contributed by atoms with Crippen LogP contribution in [0.4, 0.5) is 0 Å². The summed E-state index contributed by atoms with van der Waals surface area (Å²) in [5.74, 6) is 0. The van der Waals surface area contributed by atoms with Crippen LogP contribution in [0.5, 0.6) is 0 Å². The molecule has 14 rings (SSSR count). The molecule has 0 bridgehead atoms. The maximum absolute atomic E-state index is 2.54. The van der Waals surface area contributed by atoms with E-state index in [1.54, 1.807) is 0 Å². The van der Waals surface area contributed by atoms with Gasteiger partial charge < -0.3 is 0 Å². The van der Waals surface area contributed by atoms with E-state index in [1.807, 2.05) is 0 Å². The molecule has 3 aliphatic carbocycles. The molecule has 0 fully saturated rings. The lowest BCUT2D eigenvalue weighted by Gasteiger charge is -2.34. The molecule has 11 aromatic carbocycles. The SMILES string of the molecule is CC1(C)c2ccccc2-c2ccc(-c3ccc4c(-c5ccc6c(c5)C(c5ccccc5)(c5ccccc5)c5ccccc5-6)c5ccccc5c(-c5ccc6c(c5)C(C)(C)c5ccccc5-6)c4c3)cc21. The van der Waals surface area contributed by atoms with E-state index < -0.39 is 5.41 Å². The van der Waals surface area contributed by atoms with Crippen molar-refractivity contribution in [3.05, 3.63) is 275 Å². The van der Waals surface area contributed by atoms with Crippen LogP contribution in [-0.2, 0) is 16.2 Å². The van der Waals surface area contributed by atoms with Crippen molar-refractivity contribution in [3.8, 4) is 66.8 Å². The van der Waals surface area contributed by atoms with Gasteiger partial charge in [0.05, 0.1) is 5.41 Å². The van der Waals surface area contributed by atoms with E-state index >= 15 is 0 Å². The smallest absolute Gasteiger partial charge is 0.0622 e. The number of fused-ring (bicyclic) bond motifs is 11. The predicted molar refractivity (Wildman–Crippen MR) is 290 cm³/mol. The van der Waals surface area contributed by atoms with Crippen LogP contribution in [0.15, 0.2) is 231 Å². The van der Waals surface area contributed by atoms with Crippen molar-refractivity contribution < 1.29 is 0 Å². The highest BCUT2D eigenvalue weighted by Crippen LogP contribution is 2.58. The Labute approximate surface area is 405 Å². The van der Waals surface area contributed by atoms with Gasteiger partial charge in [0, 0.05) is 10.8 Å². The molecule has 0 aliphatic heterocycles. The van der Waals surface area contributed by atoms with Crippen molar-refractivity contribution in [1.82, 2.24) is 0 Å². The number of hydrogen-bond acceptors (Lipinski definition) is 0. The fraction of sp³-hybridized carbons (Fsp3) is 0.101. The molecule has 0 amide bonds. The largest absolute Gasteiger partial charge is 0.0713 e. The molecule has 3 aliphatic rings. The Kier molecular flexibility index (Phi) is 8.40. The molecular formula is C69H50. The van der Waals surface area contributed by atoms with E-state index in [9.17, 15) is 0 Å². The summed E-state index contributed by atoms with van der Waals surface area (Å²) < 4.78 is 0. The van der Waals surface area contributed by atoms with E-state index in [1.165, 1.54) is 133 Å². The topological polar surface area (TPSA) is 0 Å². The highest BCUT2D eigenvalue weighted by Gasteiger charge is 2.46. The van der Waals surface area contributed by atoms with E-state index in [-0.39, 0.29) is 10.8 Å². The first kappa shape index (κ1) is 40.0. The number of rotatable bonds is 5. The maximum Gasteiger partial charge on any atom is 0.0713 e. The van der Waals surface area contributed by atoms with Crippen LogP contribution in [-0.4, -0.2) is 0 Å². The minimum absolute atomic E-state index is 0.0932. The van der Waals surface area contributed by atoms with E-state index in [0.29, 0.717) is 0 Å². The van der Waals surface area contributed by atoms with Crippen LogP contribution < -0.4 is 0 Å². The standard InChI is InChI=1S/C69H50/c1-67(2)59-28-16-13-23-49(59)52-35-31-44(40-62(52)67)43-32-38-57-58(39-43)66(45-33-36-53-50-24-14-17-29-60(50)68(3,4)63(53)41-45)56-27-12-11-26-55(56)65(57)46-34-37-54-51-25-15-18-30-61(51)69(64(54)42-46,47-19-7-5-8-20-47)48-21-9-6-10-22-48/h5-42H,1-4H3. The fourth-order valence-electron chi connectivity index (χ4n) is 13.3. The van der Waals surface area contributed by atoms with Gasteiger partial charge in [-0.1, -0.05) is 234 Å². The molecule has 0 spiro atoms. The second-order valence-electron chi connectivity index (χ2n) is 20.7. The molecule has 0 nitrogen and oxygen atoms in total. The first-order valence-corrected chi connectivity index (χ1v) is 24.6. The maximum atomic E-state index is 2.54. The second kappa shape index (κ2) is 14.5. The van der Waals surface area contributed by atoms with E-state index in [0.717, 1.165) is 0 Å². The van der Waals surface area contributed by atoms with Gasteiger partial charge in [-0.05, 0) is 157 Å². The number of hydrogen-bond donors (Lipinski definition) is 0. The summed E-state index contributed by atoms with van der Waals surface area (Å²) in [5, 5.41) is 5.04. The van der Waals surface area contributed by atoms with Crippen molar-refractivity contribution in [3.63, 3.8) is 0 Å². The average molecular weight is 879 g/mol. The third-order valence-corrected chi connectivity index (χ3v) is 16.6. The van der Waals surface area contributed by atoms with Gasteiger partial charge in [-0.25, -0.2) is 0 Å². The average Bonchev–Trinajstić information content (AvgIpc) is 3.92. The summed E-state index contributed by atoms with van der Waals surface area (Å²) in [4.78, 5) is 0. The first-order valence-electron chi connectivity index (χ1n) is 24.6. The molecule has 0 aromatic heterocycles. The van der Waals surface area contributed by atoms with Gasteiger partial charge in [0.2, 0.25) is 0 Å². The third-order valence-electron chi connectivity index (χ3n) is 16.6. The molecule has 0 saturated heterocycles. The molecule has 0 heterocycles. The minimum atomic E-state index is -0.501. The van der Waals surface area contributed by atoms with Crippen LogP contribution in [0.25, 0.3) is 88.3 Å². The van der Waals surface area contributed by atoms with E-state index in [4.69, 9.17) is 0 Å². The molecular weight excluding hydrogens is 829 g/mol. The summed E-state index contributed by atoms with van der Waals surface area (Å²) in [6, 6.07) is 87.7. The molecule has 0 unspecified atom stereocenters. The Hall–Kier alpha value is -8.06. The summed E-state index contributed by atoms with van der Waals surface area (Å²) in [7, 11) is 0. The predicted octanol–water partition coefficient (Wildman–Crippen LogP) is 18.0. The Morgan fingerprint density at radius 3 is 1.13 bits per heavy atom. The minimum Gasteiger partial charge on any atom is -0.0622 e. The van der Waals surface area contributed by atoms with E-state index in [2.05, 4.69) is 258 Å². The van der Waals surface area contributed by atoms with Gasteiger partial charge >= 0.3 is 0 Å². The van der Waals surface area contributed by atoms with Crippen molar-refractivity contribution in [1.29, 1.82) is 0 Å². The van der Waals surface area contributed by atoms with Gasteiger partial charge in [0.1, 0.15) is 0 Å². The Balaban J connectivity index is 1.05. The molecule has 0 atom stereocenters. The van der Waals surface area contributed by atoms with Crippen molar-refractivity contribution >= 4 is 21.5 Å². The molecule has 326 valence electrons. The summed E-state index contributed by atoms with van der Waals surface area (Å²) in [6.45, 7) is 9.55. The van der Waals surface area contributed by atoms with Gasteiger partial charge in [0.15, 0.2) is 0 Å².